The summed E-state index contributed by atoms with van der Waals surface area (Å²) in [6, 6.07) is 70.4. The van der Waals surface area contributed by atoms with Crippen LogP contribution in [0.25, 0.3) is 111 Å². The highest BCUT2D eigenvalue weighted by Gasteiger charge is 2.32. The number of aromatic nitrogens is 2. The zero-order chi connectivity index (χ0) is 51.0. The van der Waals surface area contributed by atoms with Crippen molar-refractivity contribution in [3.8, 4) is 79.1 Å². The molecule has 0 aliphatic carbocycles. The predicted octanol–water partition coefficient (Wildman–Crippen LogP) is 18.2. The third-order valence-corrected chi connectivity index (χ3v) is 14.4. The van der Waals surface area contributed by atoms with Gasteiger partial charge in [-0.1, -0.05) is 144 Å². The van der Waals surface area contributed by atoms with Gasteiger partial charge in [0.05, 0.1) is 56.2 Å². The second-order valence-electron chi connectivity index (χ2n) is 19.5. The van der Waals surface area contributed by atoms with E-state index in [1.165, 1.54) is 6.07 Å². The van der Waals surface area contributed by atoms with E-state index in [1.807, 2.05) is 36.4 Å². The van der Waals surface area contributed by atoms with Gasteiger partial charge >= 0.3 is 6.18 Å². The number of alkyl halides is 3. The highest BCUT2D eigenvalue weighted by Crippen LogP contribution is 2.45. The van der Waals surface area contributed by atoms with Gasteiger partial charge < -0.3 is 9.13 Å². The van der Waals surface area contributed by atoms with Crippen LogP contribution in [0.1, 0.15) is 38.9 Å². The van der Waals surface area contributed by atoms with Crippen LogP contribution in [0.2, 0.25) is 0 Å². The Kier molecular flexibility index (Phi) is 10.9. The molecule has 0 aliphatic rings. The topological polar surface area (TPSA) is 57.4 Å². The SMILES string of the molecule is Cc1cccc(-c2ccc3c(c2)c2cc(-c4cccc(C)c4)ccc2n3-c2cc(-c3cc(C#N)cc(C(F)(F)F)c3)c(-n3c4ccc(-c5cccc(C)c5)cc4c4cc(-c5cccc(C)c5)ccc43)cc2C#N)c1. The Balaban J connectivity index is 1.18. The number of hydrogen-bond donors (Lipinski definition) is 0. The lowest BCUT2D eigenvalue weighted by molar-refractivity contribution is -0.137. The van der Waals surface area contributed by atoms with Crippen LogP contribution in [-0.2, 0) is 6.18 Å². The molecule has 0 aliphatic heterocycles. The van der Waals surface area contributed by atoms with E-state index < -0.39 is 11.7 Å². The van der Waals surface area contributed by atoms with Crippen molar-refractivity contribution in [2.24, 2.45) is 0 Å². The van der Waals surface area contributed by atoms with Crippen molar-refractivity contribution in [2.45, 2.75) is 33.9 Å². The summed E-state index contributed by atoms with van der Waals surface area (Å²) in [4.78, 5) is 0. The molecule has 354 valence electrons. The van der Waals surface area contributed by atoms with Gasteiger partial charge in [-0.3, -0.25) is 0 Å². The summed E-state index contributed by atoms with van der Waals surface area (Å²) < 4.78 is 49.0. The van der Waals surface area contributed by atoms with Gasteiger partial charge in [0.2, 0.25) is 0 Å². The molecule has 0 saturated heterocycles. The number of aryl methyl sites for hydroxylation is 4. The molecule has 0 atom stereocenters. The Labute approximate surface area is 426 Å². The average molecular weight is 963 g/mol. The first kappa shape index (κ1) is 45.7. The fraction of sp³-hybridized carbons (Fsp3) is 0.0746. The lowest BCUT2D eigenvalue weighted by Gasteiger charge is -2.20. The molecule has 2 aromatic heterocycles. The van der Waals surface area contributed by atoms with Gasteiger partial charge in [0, 0.05) is 27.1 Å². The van der Waals surface area contributed by atoms with Gasteiger partial charge in [0.15, 0.2) is 0 Å². The van der Waals surface area contributed by atoms with Crippen molar-refractivity contribution < 1.29 is 13.2 Å². The number of nitriles is 2. The Morgan fingerprint density at radius 1 is 0.351 bits per heavy atom. The number of fused-ring (bicyclic) bond motifs is 6. The Morgan fingerprint density at radius 3 is 1.05 bits per heavy atom. The van der Waals surface area contributed by atoms with Crippen LogP contribution in [0, 0.1) is 50.4 Å². The van der Waals surface area contributed by atoms with Crippen LogP contribution in [0.4, 0.5) is 13.2 Å². The zero-order valence-corrected chi connectivity index (χ0v) is 41.0. The first-order valence-corrected chi connectivity index (χ1v) is 24.5. The largest absolute Gasteiger partial charge is 0.416 e. The van der Waals surface area contributed by atoms with Gasteiger partial charge in [-0.25, -0.2) is 0 Å². The lowest BCUT2D eigenvalue weighted by Crippen LogP contribution is -2.07. The van der Waals surface area contributed by atoms with E-state index in [-0.39, 0.29) is 11.1 Å². The maximum absolute atomic E-state index is 15.0. The third kappa shape index (κ3) is 7.96. The summed E-state index contributed by atoms with van der Waals surface area (Å²) >= 11 is 0. The molecule has 12 rings (SSSR count). The van der Waals surface area contributed by atoms with E-state index in [0.717, 1.165) is 123 Å². The van der Waals surface area contributed by atoms with Crippen molar-refractivity contribution in [1.82, 2.24) is 9.13 Å². The Hall–Kier alpha value is -9.43. The summed E-state index contributed by atoms with van der Waals surface area (Å²) in [5, 5.41) is 25.5. The number of halogens is 3. The molecule has 0 fully saturated rings. The van der Waals surface area contributed by atoms with E-state index in [4.69, 9.17) is 0 Å². The quantitative estimate of drug-likeness (QED) is 0.160. The molecule has 0 radical (unpaired) electrons. The minimum absolute atomic E-state index is 0.135. The maximum Gasteiger partial charge on any atom is 0.416 e. The minimum atomic E-state index is -4.75. The molecule has 74 heavy (non-hydrogen) atoms. The summed E-state index contributed by atoms with van der Waals surface area (Å²) in [5.41, 5.74) is 16.8. The molecule has 0 spiro atoms. The van der Waals surface area contributed by atoms with Crippen molar-refractivity contribution in [1.29, 1.82) is 10.5 Å². The van der Waals surface area contributed by atoms with E-state index in [2.05, 4.69) is 188 Å². The van der Waals surface area contributed by atoms with E-state index in [1.54, 1.807) is 6.07 Å². The molecule has 12 aromatic rings. The molecule has 0 bridgehead atoms. The molecule has 0 N–H and O–H groups in total. The second-order valence-corrected chi connectivity index (χ2v) is 19.5. The fourth-order valence-corrected chi connectivity index (χ4v) is 10.9. The minimum Gasteiger partial charge on any atom is -0.309 e. The number of rotatable bonds is 7. The van der Waals surface area contributed by atoms with Gasteiger partial charge in [-0.15, -0.1) is 0 Å². The standard InChI is InChI=1S/C67H45F3N4/c1-40-9-5-13-45(25-40)49-17-21-61-57(32-49)58-33-50(46-14-6-10-41(2)26-46)18-22-62(58)73(61)65-37-56(53-29-44(38-71)30-55(31-53)67(68,69)70)66(36-54(65)39-72)74-63-23-19-51(47-15-7-11-42(3)27-47)34-59(63)60-35-52(20-24-64(60)74)48-16-8-12-43(4)28-48/h5-37H,1-4H3. The van der Waals surface area contributed by atoms with Gasteiger partial charge in [0.1, 0.15) is 6.07 Å². The van der Waals surface area contributed by atoms with E-state index in [0.29, 0.717) is 22.5 Å². The van der Waals surface area contributed by atoms with Crippen molar-refractivity contribution >= 4 is 43.6 Å². The molecule has 0 amide bonds. The van der Waals surface area contributed by atoms with Crippen LogP contribution in [-0.4, -0.2) is 9.13 Å². The van der Waals surface area contributed by atoms with E-state index in [9.17, 15) is 23.7 Å². The zero-order valence-electron chi connectivity index (χ0n) is 41.0. The van der Waals surface area contributed by atoms with Gasteiger partial charge in [-0.05, 0) is 157 Å². The van der Waals surface area contributed by atoms with Crippen LogP contribution in [0.5, 0.6) is 0 Å². The fourth-order valence-electron chi connectivity index (χ4n) is 10.9. The smallest absolute Gasteiger partial charge is 0.309 e. The van der Waals surface area contributed by atoms with E-state index >= 15 is 0 Å². The molecule has 2 heterocycles. The van der Waals surface area contributed by atoms with Crippen molar-refractivity contribution in [3.05, 3.63) is 239 Å². The highest BCUT2D eigenvalue weighted by molar-refractivity contribution is 6.14. The van der Waals surface area contributed by atoms with Crippen LogP contribution in [0.3, 0.4) is 0 Å². The van der Waals surface area contributed by atoms with Crippen LogP contribution in [0.15, 0.2) is 200 Å². The van der Waals surface area contributed by atoms with Crippen molar-refractivity contribution in [3.63, 3.8) is 0 Å². The third-order valence-electron chi connectivity index (χ3n) is 14.4. The number of benzene rings is 10. The average Bonchev–Trinajstić information content (AvgIpc) is 3.91. The normalized spacial score (nSPS) is 11.7. The summed E-state index contributed by atoms with van der Waals surface area (Å²) in [5.74, 6) is 0. The molecule has 4 nitrogen and oxygen atoms in total. The molecule has 0 saturated carbocycles. The Morgan fingerprint density at radius 2 is 0.716 bits per heavy atom. The van der Waals surface area contributed by atoms with Crippen LogP contribution >= 0.6 is 0 Å². The Bertz CT molecular complexity index is 4180. The highest BCUT2D eigenvalue weighted by atomic mass is 19.4. The second kappa shape index (κ2) is 17.7. The first-order valence-electron chi connectivity index (χ1n) is 24.5. The van der Waals surface area contributed by atoms with Crippen molar-refractivity contribution in [2.75, 3.05) is 0 Å². The summed E-state index contributed by atoms with van der Waals surface area (Å²) in [6.45, 7) is 8.27. The lowest BCUT2D eigenvalue weighted by atomic mass is 9.95. The maximum atomic E-state index is 15.0. The number of hydrogen-bond acceptors (Lipinski definition) is 2. The molecule has 10 aromatic carbocycles. The predicted molar refractivity (Wildman–Crippen MR) is 296 cm³/mol. The van der Waals surface area contributed by atoms with Gasteiger partial charge in [0.25, 0.3) is 0 Å². The molecule has 0 unspecified atom stereocenters. The molecular weight excluding hydrogens is 918 g/mol. The molecular formula is C67H45F3N4. The first-order chi connectivity index (χ1) is 35.8. The number of nitrogens with zero attached hydrogens (tertiary/aromatic N) is 4. The molecule has 7 heteroatoms. The summed E-state index contributed by atoms with van der Waals surface area (Å²) in [7, 11) is 0. The summed E-state index contributed by atoms with van der Waals surface area (Å²) in [6.07, 6.45) is -4.75. The van der Waals surface area contributed by atoms with Gasteiger partial charge in [-0.2, -0.15) is 23.7 Å². The monoisotopic (exact) mass is 962 g/mol. The van der Waals surface area contributed by atoms with Crippen LogP contribution < -0.4 is 0 Å².